The molecule has 3 heterocycles. The van der Waals surface area contributed by atoms with E-state index in [1.54, 1.807) is 18.3 Å². The van der Waals surface area contributed by atoms with Gasteiger partial charge >= 0.3 is 6.01 Å². The van der Waals surface area contributed by atoms with Crippen LogP contribution in [0.1, 0.15) is 24.6 Å². The standard InChI is InChI=1S/C20H21FN6O2/c1-26-9-8-22-18(26)15-10-27(11-16(15)23-19(28)13-2-3-13)20-24-17(25-29-20)12-4-6-14(21)7-5-12/h4-9,13,15-16H,2-3,10-11H2,1H3,(H,23,28)/t15-,16-/m1/s1. The largest absolute Gasteiger partial charge is 0.351 e. The Hall–Kier alpha value is -3.23. The summed E-state index contributed by atoms with van der Waals surface area (Å²) in [4.78, 5) is 23.3. The highest BCUT2D eigenvalue weighted by molar-refractivity contribution is 5.81. The van der Waals surface area contributed by atoms with E-state index in [2.05, 4.69) is 20.4 Å². The molecule has 2 atom stereocenters. The fourth-order valence-electron chi connectivity index (χ4n) is 3.81. The number of anilines is 1. The van der Waals surface area contributed by atoms with Gasteiger partial charge in [-0.1, -0.05) is 5.16 Å². The van der Waals surface area contributed by atoms with Gasteiger partial charge in [-0.25, -0.2) is 9.37 Å². The minimum atomic E-state index is -0.316. The number of nitrogens with zero attached hydrogens (tertiary/aromatic N) is 5. The Morgan fingerprint density at radius 2 is 2.03 bits per heavy atom. The molecule has 0 spiro atoms. The topological polar surface area (TPSA) is 89.1 Å². The highest BCUT2D eigenvalue weighted by atomic mass is 19.1. The summed E-state index contributed by atoms with van der Waals surface area (Å²) in [5.74, 6) is 1.25. The van der Waals surface area contributed by atoms with Crippen molar-refractivity contribution in [3.63, 3.8) is 0 Å². The summed E-state index contributed by atoms with van der Waals surface area (Å²) in [5.41, 5.74) is 0.680. The van der Waals surface area contributed by atoms with E-state index in [4.69, 9.17) is 4.52 Å². The van der Waals surface area contributed by atoms with Gasteiger partial charge in [-0.15, -0.1) is 0 Å². The first-order chi connectivity index (χ1) is 14.1. The van der Waals surface area contributed by atoms with Gasteiger partial charge in [-0.2, -0.15) is 4.98 Å². The molecule has 8 nitrogen and oxygen atoms in total. The van der Waals surface area contributed by atoms with E-state index >= 15 is 0 Å². The van der Waals surface area contributed by atoms with Gasteiger partial charge in [-0.3, -0.25) is 4.79 Å². The fourth-order valence-corrected chi connectivity index (χ4v) is 3.81. The molecule has 0 unspecified atom stereocenters. The number of carbonyl (C=O) groups is 1. The van der Waals surface area contributed by atoms with Crippen LogP contribution in [0.25, 0.3) is 11.4 Å². The normalized spacial score (nSPS) is 21.5. The van der Waals surface area contributed by atoms with Crippen LogP contribution in [0.2, 0.25) is 0 Å². The number of amides is 1. The molecule has 1 N–H and O–H groups in total. The molecule has 1 aliphatic heterocycles. The SMILES string of the molecule is Cn1ccnc1[C@@H]1CN(c2nc(-c3ccc(F)cc3)no2)C[C@H]1NC(=O)C1CC1. The lowest BCUT2D eigenvalue weighted by Crippen LogP contribution is -2.41. The van der Waals surface area contributed by atoms with Gasteiger partial charge in [0.2, 0.25) is 11.7 Å². The van der Waals surface area contributed by atoms with Crippen molar-refractivity contribution in [2.75, 3.05) is 18.0 Å². The molecule has 1 aromatic carbocycles. The lowest BCUT2D eigenvalue weighted by Gasteiger charge is -2.19. The Bertz CT molecular complexity index is 1030. The second-order valence-corrected chi connectivity index (χ2v) is 7.70. The van der Waals surface area contributed by atoms with Crippen LogP contribution in [0.15, 0.2) is 41.2 Å². The minimum absolute atomic E-state index is 0.0128. The predicted molar refractivity (Wildman–Crippen MR) is 103 cm³/mol. The van der Waals surface area contributed by atoms with Gasteiger partial charge in [0.15, 0.2) is 0 Å². The molecule has 1 saturated carbocycles. The van der Waals surface area contributed by atoms with E-state index in [9.17, 15) is 9.18 Å². The average Bonchev–Trinajstić information content (AvgIpc) is 3.09. The van der Waals surface area contributed by atoms with Crippen LogP contribution in [0, 0.1) is 11.7 Å². The Morgan fingerprint density at radius 1 is 1.24 bits per heavy atom. The third-order valence-electron chi connectivity index (χ3n) is 5.57. The zero-order chi connectivity index (χ0) is 20.0. The molecule has 1 amide bonds. The highest BCUT2D eigenvalue weighted by Crippen LogP contribution is 2.33. The van der Waals surface area contributed by atoms with Crippen molar-refractivity contribution in [2.45, 2.75) is 24.8 Å². The maximum Gasteiger partial charge on any atom is 0.324 e. The third kappa shape index (κ3) is 3.48. The van der Waals surface area contributed by atoms with Gasteiger partial charge in [0.25, 0.3) is 0 Å². The molecule has 2 fully saturated rings. The molecular weight excluding hydrogens is 375 g/mol. The van der Waals surface area contributed by atoms with Crippen LogP contribution in [-0.2, 0) is 11.8 Å². The van der Waals surface area contributed by atoms with Crippen LogP contribution >= 0.6 is 0 Å². The first-order valence-corrected chi connectivity index (χ1v) is 9.70. The number of hydrogen-bond acceptors (Lipinski definition) is 6. The minimum Gasteiger partial charge on any atom is -0.351 e. The second-order valence-electron chi connectivity index (χ2n) is 7.70. The van der Waals surface area contributed by atoms with Crippen molar-refractivity contribution in [1.29, 1.82) is 0 Å². The number of aromatic nitrogens is 4. The van der Waals surface area contributed by atoms with Gasteiger partial charge in [0, 0.05) is 44.0 Å². The number of benzene rings is 1. The van der Waals surface area contributed by atoms with E-state index in [0.29, 0.717) is 30.5 Å². The molecule has 29 heavy (non-hydrogen) atoms. The van der Waals surface area contributed by atoms with Crippen LogP contribution in [0.5, 0.6) is 0 Å². The number of imidazole rings is 1. The predicted octanol–water partition coefficient (Wildman–Crippen LogP) is 2.11. The van der Waals surface area contributed by atoms with Crippen LogP contribution < -0.4 is 10.2 Å². The lowest BCUT2D eigenvalue weighted by molar-refractivity contribution is -0.123. The van der Waals surface area contributed by atoms with E-state index in [-0.39, 0.29) is 29.6 Å². The maximum absolute atomic E-state index is 13.2. The third-order valence-corrected chi connectivity index (χ3v) is 5.57. The number of rotatable bonds is 5. The molecule has 3 aromatic rings. The highest BCUT2D eigenvalue weighted by Gasteiger charge is 2.41. The van der Waals surface area contributed by atoms with Crippen molar-refractivity contribution >= 4 is 11.9 Å². The Morgan fingerprint density at radius 3 is 2.72 bits per heavy atom. The van der Waals surface area contributed by atoms with Crippen LogP contribution in [0.4, 0.5) is 10.4 Å². The van der Waals surface area contributed by atoms with E-state index in [1.807, 2.05) is 22.7 Å². The quantitative estimate of drug-likeness (QED) is 0.711. The van der Waals surface area contributed by atoms with Gasteiger partial charge in [0.05, 0.1) is 12.0 Å². The first-order valence-electron chi connectivity index (χ1n) is 9.70. The number of halogens is 1. The van der Waals surface area contributed by atoms with Gasteiger partial charge < -0.3 is 19.3 Å². The Labute approximate surface area is 166 Å². The van der Waals surface area contributed by atoms with Crippen LogP contribution in [0.3, 0.4) is 0 Å². The molecule has 2 aromatic heterocycles. The molecule has 0 bridgehead atoms. The molecule has 2 aliphatic rings. The van der Waals surface area contributed by atoms with E-state index < -0.39 is 0 Å². The monoisotopic (exact) mass is 396 g/mol. The summed E-state index contributed by atoms with van der Waals surface area (Å²) in [6.07, 6.45) is 5.58. The van der Waals surface area contributed by atoms with Crippen LogP contribution in [-0.4, -0.2) is 44.7 Å². The average molecular weight is 396 g/mol. The van der Waals surface area contributed by atoms with Crippen molar-refractivity contribution in [2.24, 2.45) is 13.0 Å². The molecule has 1 saturated heterocycles. The number of carbonyl (C=O) groups excluding carboxylic acids is 1. The van der Waals surface area contributed by atoms with E-state index in [0.717, 1.165) is 18.7 Å². The van der Waals surface area contributed by atoms with Crippen molar-refractivity contribution in [1.82, 2.24) is 25.0 Å². The molecule has 1 aliphatic carbocycles. The summed E-state index contributed by atoms with van der Waals surface area (Å²) in [6, 6.07) is 6.24. The van der Waals surface area contributed by atoms with Gasteiger partial charge in [0.1, 0.15) is 11.6 Å². The number of nitrogens with one attached hydrogen (secondary N) is 1. The molecule has 0 radical (unpaired) electrons. The van der Waals surface area contributed by atoms with Crippen molar-refractivity contribution in [3.8, 4) is 11.4 Å². The fraction of sp³-hybridized carbons (Fsp3) is 0.400. The zero-order valence-corrected chi connectivity index (χ0v) is 16.0. The van der Waals surface area contributed by atoms with E-state index in [1.165, 1.54) is 12.1 Å². The summed E-state index contributed by atoms with van der Waals surface area (Å²) >= 11 is 0. The lowest BCUT2D eigenvalue weighted by atomic mass is 10.0. The second kappa shape index (κ2) is 6.98. The summed E-state index contributed by atoms with van der Waals surface area (Å²) in [7, 11) is 1.95. The summed E-state index contributed by atoms with van der Waals surface area (Å²) < 4.78 is 20.6. The molecule has 150 valence electrons. The molecule has 9 heteroatoms. The van der Waals surface area contributed by atoms with Gasteiger partial charge in [-0.05, 0) is 37.1 Å². The number of aryl methyl sites for hydroxylation is 1. The van der Waals surface area contributed by atoms with Crippen molar-refractivity contribution < 1.29 is 13.7 Å². The summed E-state index contributed by atoms with van der Waals surface area (Å²) in [6.45, 7) is 1.16. The zero-order valence-electron chi connectivity index (χ0n) is 16.0. The maximum atomic E-state index is 13.2. The number of hydrogen-bond donors (Lipinski definition) is 1. The van der Waals surface area contributed by atoms with Crippen molar-refractivity contribution in [3.05, 3.63) is 48.3 Å². The Kier molecular flexibility index (Phi) is 4.30. The Balaban J connectivity index is 1.38. The molecule has 5 rings (SSSR count). The summed E-state index contributed by atoms with van der Waals surface area (Å²) in [5, 5.41) is 7.22. The molecular formula is C20H21FN6O2. The smallest absolute Gasteiger partial charge is 0.324 e. The first kappa shape index (κ1) is 17.8.